The highest BCUT2D eigenvalue weighted by atomic mass is 35.5. The standard InChI is InChI=1S/C18H25N5O3.2ClH/c19-12-17(24)20-13-18(25)21-15-1-2-16-14(11-15)3-4-23(16)6-5-22-7-9-26-10-8-22;;/h1-4,11H,5-10,12-13,19H2,(H,20,24)(H,21,25);2*1H. The van der Waals surface area contributed by atoms with Gasteiger partial charge in [0, 0.05) is 49.0 Å². The minimum absolute atomic E-state index is 0. The molecule has 1 fully saturated rings. The molecular formula is C18H27Cl2N5O3. The second-order valence-corrected chi connectivity index (χ2v) is 6.27. The Balaban J connectivity index is 0.00000196. The fourth-order valence-corrected chi connectivity index (χ4v) is 3.00. The van der Waals surface area contributed by atoms with Crippen molar-refractivity contribution >= 4 is 53.2 Å². The second kappa shape index (κ2) is 11.9. The van der Waals surface area contributed by atoms with Gasteiger partial charge in [-0.25, -0.2) is 0 Å². The van der Waals surface area contributed by atoms with Crippen LogP contribution in [0.1, 0.15) is 0 Å². The van der Waals surface area contributed by atoms with E-state index >= 15 is 0 Å². The summed E-state index contributed by atoms with van der Waals surface area (Å²) in [6.07, 6.45) is 2.07. The molecule has 0 bridgehead atoms. The number of halogens is 2. The summed E-state index contributed by atoms with van der Waals surface area (Å²) in [5.41, 5.74) is 7.03. The summed E-state index contributed by atoms with van der Waals surface area (Å²) in [7, 11) is 0. The van der Waals surface area contributed by atoms with Crippen LogP contribution in [0.4, 0.5) is 5.69 Å². The maximum absolute atomic E-state index is 11.9. The van der Waals surface area contributed by atoms with E-state index in [0.717, 1.165) is 50.3 Å². The molecule has 1 aliphatic heterocycles. The highest BCUT2D eigenvalue weighted by Crippen LogP contribution is 2.20. The first-order valence-electron chi connectivity index (χ1n) is 8.81. The van der Waals surface area contributed by atoms with E-state index in [1.807, 2.05) is 24.3 Å². The Labute approximate surface area is 176 Å². The molecule has 0 spiro atoms. The number of benzene rings is 1. The maximum atomic E-state index is 11.9. The number of amides is 2. The predicted molar refractivity (Wildman–Crippen MR) is 114 cm³/mol. The first kappa shape index (κ1) is 24.2. The number of fused-ring (bicyclic) bond motifs is 1. The number of ether oxygens (including phenoxy) is 1. The van der Waals surface area contributed by atoms with Gasteiger partial charge in [-0.2, -0.15) is 0 Å². The molecule has 156 valence electrons. The molecule has 0 unspecified atom stereocenters. The lowest BCUT2D eigenvalue weighted by molar-refractivity contribution is -0.123. The monoisotopic (exact) mass is 431 g/mol. The first-order valence-corrected chi connectivity index (χ1v) is 8.81. The molecule has 28 heavy (non-hydrogen) atoms. The lowest BCUT2D eigenvalue weighted by Gasteiger charge is -2.26. The molecule has 4 N–H and O–H groups in total. The lowest BCUT2D eigenvalue weighted by atomic mass is 10.2. The summed E-state index contributed by atoms with van der Waals surface area (Å²) < 4.78 is 7.60. The second-order valence-electron chi connectivity index (χ2n) is 6.27. The molecule has 1 aliphatic rings. The van der Waals surface area contributed by atoms with Crippen molar-refractivity contribution in [3.63, 3.8) is 0 Å². The maximum Gasteiger partial charge on any atom is 0.243 e. The van der Waals surface area contributed by atoms with E-state index in [1.165, 1.54) is 0 Å². The van der Waals surface area contributed by atoms with Gasteiger partial charge in [-0.3, -0.25) is 14.5 Å². The van der Waals surface area contributed by atoms with Gasteiger partial charge in [0.2, 0.25) is 11.8 Å². The fraction of sp³-hybridized carbons (Fsp3) is 0.444. The van der Waals surface area contributed by atoms with Crippen molar-refractivity contribution in [3.8, 4) is 0 Å². The number of nitrogens with one attached hydrogen (secondary N) is 2. The van der Waals surface area contributed by atoms with Crippen molar-refractivity contribution in [1.82, 2.24) is 14.8 Å². The van der Waals surface area contributed by atoms with Crippen LogP contribution in [0.5, 0.6) is 0 Å². The van der Waals surface area contributed by atoms with E-state index < -0.39 is 0 Å². The summed E-state index contributed by atoms with van der Waals surface area (Å²) in [6, 6.07) is 7.85. The Bertz CT molecular complexity index is 778. The molecule has 3 rings (SSSR count). The lowest BCUT2D eigenvalue weighted by Crippen LogP contribution is -2.38. The van der Waals surface area contributed by atoms with Gasteiger partial charge in [0.1, 0.15) is 0 Å². The van der Waals surface area contributed by atoms with Crippen LogP contribution in [0.3, 0.4) is 0 Å². The van der Waals surface area contributed by atoms with Gasteiger partial charge >= 0.3 is 0 Å². The molecule has 2 amide bonds. The number of rotatable bonds is 7. The van der Waals surface area contributed by atoms with Crippen molar-refractivity contribution in [3.05, 3.63) is 30.5 Å². The van der Waals surface area contributed by atoms with Gasteiger partial charge in [-0.05, 0) is 24.3 Å². The zero-order valence-corrected chi connectivity index (χ0v) is 17.2. The van der Waals surface area contributed by atoms with Crippen molar-refractivity contribution < 1.29 is 14.3 Å². The average molecular weight is 432 g/mol. The van der Waals surface area contributed by atoms with Gasteiger partial charge in [-0.15, -0.1) is 24.8 Å². The third kappa shape index (κ3) is 6.65. The zero-order valence-electron chi connectivity index (χ0n) is 15.6. The fourth-order valence-electron chi connectivity index (χ4n) is 3.00. The summed E-state index contributed by atoms with van der Waals surface area (Å²) in [4.78, 5) is 25.4. The van der Waals surface area contributed by atoms with Crippen LogP contribution in [-0.4, -0.2) is 67.2 Å². The number of morpholine rings is 1. The highest BCUT2D eigenvalue weighted by molar-refractivity contribution is 5.96. The number of carbonyl (C=O) groups is 2. The summed E-state index contributed by atoms with van der Waals surface area (Å²) in [5.74, 6) is -0.633. The van der Waals surface area contributed by atoms with Gasteiger partial charge in [-0.1, -0.05) is 0 Å². The Morgan fingerprint density at radius 3 is 2.54 bits per heavy atom. The Morgan fingerprint density at radius 1 is 1.07 bits per heavy atom. The highest BCUT2D eigenvalue weighted by Gasteiger charge is 2.11. The third-order valence-electron chi connectivity index (χ3n) is 4.45. The minimum Gasteiger partial charge on any atom is -0.379 e. The van der Waals surface area contributed by atoms with Crippen LogP contribution in [-0.2, 0) is 20.9 Å². The summed E-state index contributed by atoms with van der Waals surface area (Å²) >= 11 is 0. The molecule has 2 heterocycles. The van der Waals surface area contributed by atoms with Crippen LogP contribution in [0.2, 0.25) is 0 Å². The molecule has 8 nitrogen and oxygen atoms in total. The number of hydrogen-bond donors (Lipinski definition) is 3. The van der Waals surface area contributed by atoms with E-state index in [-0.39, 0.29) is 49.7 Å². The molecule has 0 aliphatic carbocycles. The zero-order chi connectivity index (χ0) is 18.4. The Hall–Kier alpha value is -1.84. The van der Waals surface area contributed by atoms with Crippen molar-refractivity contribution in [2.24, 2.45) is 5.73 Å². The molecule has 1 aromatic carbocycles. The number of aromatic nitrogens is 1. The smallest absolute Gasteiger partial charge is 0.243 e. The third-order valence-corrected chi connectivity index (χ3v) is 4.45. The van der Waals surface area contributed by atoms with E-state index in [1.54, 1.807) is 0 Å². The van der Waals surface area contributed by atoms with Crippen LogP contribution in [0.25, 0.3) is 10.9 Å². The molecule has 0 radical (unpaired) electrons. The van der Waals surface area contributed by atoms with Crippen LogP contribution < -0.4 is 16.4 Å². The molecule has 2 aromatic rings. The van der Waals surface area contributed by atoms with Crippen molar-refractivity contribution in [2.75, 3.05) is 51.3 Å². The summed E-state index contributed by atoms with van der Waals surface area (Å²) in [5, 5.41) is 6.29. The molecule has 1 aromatic heterocycles. The van der Waals surface area contributed by atoms with Gasteiger partial charge in [0.15, 0.2) is 0 Å². The normalized spacial score (nSPS) is 14.0. The molecule has 0 saturated carbocycles. The van der Waals surface area contributed by atoms with Crippen LogP contribution >= 0.6 is 24.8 Å². The predicted octanol–water partition coefficient (Wildman–Crippen LogP) is 0.830. The number of nitrogens with zero attached hydrogens (tertiary/aromatic N) is 2. The molecule has 10 heteroatoms. The Kier molecular flexibility index (Phi) is 10.3. The quantitative estimate of drug-likeness (QED) is 0.602. The van der Waals surface area contributed by atoms with Crippen LogP contribution in [0, 0.1) is 0 Å². The number of anilines is 1. The molecule has 1 saturated heterocycles. The average Bonchev–Trinajstić information content (AvgIpc) is 3.07. The van der Waals surface area contributed by atoms with Gasteiger partial charge in [0.05, 0.1) is 26.3 Å². The Morgan fingerprint density at radius 2 is 1.82 bits per heavy atom. The van der Waals surface area contributed by atoms with Crippen molar-refractivity contribution in [2.45, 2.75) is 6.54 Å². The molecular weight excluding hydrogens is 405 g/mol. The van der Waals surface area contributed by atoms with Gasteiger partial charge < -0.3 is 25.7 Å². The SMILES string of the molecule is Cl.Cl.NCC(=O)NCC(=O)Nc1ccc2c(ccn2CCN2CCOCC2)c1. The number of carbonyl (C=O) groups excluding carboxylic acids is 2. The summed E-state index contributed by atoms with van der Waals surface area (Å²) in [6.45, 7) is 5.27. The molecule has 0 atom stereocenters. The minimum atomic E-state index is -0.354. The van der Waals surface area contributed by atoms with E-state index in [2.05, 4.69) is 26.3 Å². The van der Waals surface area contributed by atoms with Crippen molar-refractivity contribution in [1.29, 1.82) is 0 Å². The van der Waals surface area contributed by atoms with E-state index in [0.29, 0.717) is 5.69 Å². The number of nitrogens with two attached hydrogens (primary N) is 1. The van der Waals surface area contributed by atoms with E-state index in [9.17, 15) is 9.59 Å². The largest absolute Gasteiger partial charge is 0.379 e. The number of hydrogen-bond acceptors (Lipinski definition) is 5. The van der Waals surface area contributed by atoms with E-state index in [4.69, 9.17) is 10.5 Å². The topological polar surface area (TPSA) is 102 Å². The van der Waals surface area contributed by atoms with Gasteiger partial charge in [0.25, 0.3) is 0 Å². The first-order chi connectivity index (χ1) is 12.7. The van der Waals surface area contributed by atoms with Crippen LogP contribution in [0.15, 0.2) is 30.5 Å².